The predicted molar refractivity (Wildman–Crippen MR) is 110 cm³/mol. The smallest absolute Gasteiger partial charge is 0.191 e. The second kappa shape index (κ2) is 6.49. The number of nitrogens with one attached hydrogen (secondary N) is 1. The molecule has 5 rings (SSSR count). The molecule has 1 N–H and O–H groups in total. The lowest BCUT2D eigenvalue weighted by molar-refractivity contribution is 0.638. The second-order valence-corrected chi connectivity index (χ2v) is 7.05. The first-order valence-corrected chi connectivity index (χ1v) is 9.15. The maximum Gasteiger partial charge on any atom is 0.191 e. The number of nitrogens with zero attached hydrogens (tertiary/aromatic N) is 4. The highest BCUT2D eigenvalue weighted by Crippen LogP contribution is 2.36. The summed E-state index contributed by atoms with van der Waals surface area (Å²) in [4.78, 5) is 24.2. The molecule has 0 fully saturated rings. The highest BCUT2D eigenvalue weighted by atomic mass is 35.5. The number of rotatable bonds is 2. The van der Waals surface area contributed by atoms with Crippen LogP contribution in [0.4, 0.5) is 4.39 Å². The zero-order valence-electron chi connectivity index (χ0n) is 15.1. The van der Waals surface area contributed by atoms with E-state index >= 15 is 0 Å². The Morgan fingerprint density at radius 2 is 2.00 bits per heavy atom. The molecule has 0 radical (unpaired) electrons. The first-order chi connectivity index (χ1) is 14.0. The van der Waals surface area contributed by atoms with E-state index in [-0.39, 0.29) is 5.43 Å². The van der Waals surface area contributed by atoms with E-state index in [0.717, 1.165) is 0 Å². The van der Waals surface area contributed by atoms with Gasteiger partial charge in [0.1, 0.15) is 22.9 Å². The van der Waals surface area contributed by atoms with Gasteiger partial charge in [-0.1, -0.05) is 11.6 Å². The lowest BCUT2D eigenvalue weighted by Crippen LogP contribution is -2.04. The summed E-state index contributed by atoms with van der Waals surface area (Å²) in [6.45, 7) is 0. The third kappa shape index (κ3) is 2.87. The normalized spacial score (nSPS) is 11.4. The number of H-pyrrole nitrogens is 1. The fraction of sp³-hybridized carbons (Fsp3) is 0.0476. The lowest BCUT2D eigenvalue weighted by atomic mass is 9.99. The van der Waals surface area contributed by atoms with Gasteiger partial charge in [0, 0.05) is 42.7 Å². The van der Waals surface area contributed by atoms with Gasteiger partial charge in [0.15, 0.2) is 5.43 Å². The Bertz CT molecular complexity index is 1470. The number of fused-ring (bicyclic) bond motifs is 2. The summed E-state index contributed by atoms with van der Waals surface area (Å²) in [7, 11) is 1.81. The average molecular weight is 406 g/mol. The zero-order valence-corrected chi connectivity index (χ0v) is 15.9. The van der Waals surface area contributed by atoms with Gasteiger partial charge in [-0.3, -0.25) is 14.5 Å². The minimum absolute atomic E-state index is 0.167. The van der Waals surface area contributed by atoms with Crippen molar-refractivity contribution in [2.24, 2.45) is 7.05 Å². The third-order valence-corrected chi connectivity index (χ3v) is 5.04. The SMILES string of the molecule is Cn1ccc(-c2nc3[nH]ccc(=O)c3cc2-c2cc(Cl)c3nccc(F)c3c2)n1. The molecule has 0 aliphatic carbocycles. The third-order valence-electron chi connectivity index (χ3n) is 4.76. The molecule has 142 valence electrons. The predicted octanol–water partition coefficient (Wildman–Crippen LogP) is 4.33. The van der Waals surface area contributed by atoms with Crippen LogP contribution in [0.5, 0.6) is 0 Å². The molecule has 0 unspecified atom stereocenters. The van der Waals surface area contributed by atoms with Crippen LogP contribution < -0.4 is 5.43 Å². The first-order valence-electron chi connectivity index (χ1n) is 8.78. The van der Waals surface area contributed by atoms with Crippen LogP contribution in [-0.2, 0) is 7.05 Å². The Morgan fingerprint density at radius 1 is 1.14 bits per heavy atom. The molecule has 0 atom stereocenters. The molecule has 0 aliphatic heterocycles. The summed E-state index contributed by atoms with van der Waals surface area (Å²) in [6, 6.07) is 9.63. The van der Waals surface area contributed by atoms with Gasteiger partial charge in [-0.25, -0.2) is 9.37 Å². The number of pyridine rings is 3. The summed E-state index contributed by atoms with van der Waals surface area (Å²) < 4.78 is 16.1. The van der Waals surface area contributed by atoms with Crippen molar-refractivity contribution in [2.45, 2.75) is 0 Å². The van der Waals surface area contributed by atoms with Crippen molar-refractivity contribution < 1.29 is 4.39 Å². The Morgan fingerprint density at radius 3 is 2.79 bits per heavy atom. The van der Waals surface area contributed by atoms with Crippen molar-refractivity contribution in [2.75, 3.05) is 0 Å². The summed E-state index contributed by atoms with van der Waals surface area (Å²) in [5, 5.41) is 5.47. The number of aromatic amines is 1. The van der Waals surface area contributed by atoms with Gasteiger partial charge in [0.2, 0.25) is 0 Å². The quantitative estimate of drug-likeness (QED) is 0.474. The number of hydrogen-bond donors (Lipinski definition) is 1. The van der Waals surface area contributed by atoms with Crippen molar-refractivity contribution in [3.8, 4) is 22.5 Å². The van der Waals surface area contributed by atoms with Crippen LogP contribution in [-0.4, -0.2) is 24.7 Å². The van der Waals surface area contributed by atoms with E-state index in [4.69, 9.17) is 11.6 Å². The van der Waals surface area contributed by atoms with Crippen molar-refractivity contribution in [3.63, 3.8) is 0 Å². The average Bonchev–Trinajstić information content (AvgIpc) is 3.14. The van der Waals surface area contributed by atoms with Crippen LogP contribution in [0.15, 0.2) is 59.8 Å². The van der Waals surface area contributed by atoms with Gasteiger partial charge < -0.3 is 4.98 Å². The number of aryl methyl sites for hydroxylation is 1. The van der Waals surface area contributed by atoms with Crippen LogP contribution >= 0.6 is 11.6 Å². The molecule has 0 aliphatic rings. The molecule has 4 aromatic heterocycles. The van der Waals surface area contributed by atoms with Crippen LogP contribution in [0.25, 0.3) is 44.5 Å². The Labute approximate surface area is 168 Å². The largest absolute Gasteiger partial charge is 0.346 e. The summed E-state index contributed by atoms with van der Waals surface area (Å²) in [5.74, 6) is -0.426. The maximum absolute atomic E-state index is 14.4. The Hall–Kier alpha value is -3.58. The van der Waals surface area contributed by atoms with Gasteiger partial charge in [-0.15, -0.1) is 0 Å². The molecular weight excluding hydrogens is 393 g/mol. The minimum atomic E-state index is -0.426. The molecule has 0 amide bonds. The number of hydrogen-bond acceptors (Lipinski definition) is 4. The van der Waals surface area contributed by atoms with Gasteiger partial charge >= 0.3 is 0 Å². The highest BCUT2D eigenvalue weighted by molar-refractivity contribution is 6.35. The summed E-state index contributed by atoms with van der Waals surface area (Å²) in [5.41, 5.74) is 3.08. The van der Waals surface area contributed by atoms with Crippen molar-refractivity contribution >= 4 is 33.5 Å². The van der Waals surface area contributed by atoms with Crippen LogP contribution in [0.1, 0.15) is 0 Å². The van der Waals surface area contributed by atoms with E-state index in [1.54, 1.807) is 42.3 Å². The van der Waals surface area contributed by atoms with Crippen molar-refractivity contribution in [1.82, 2.24) is 24.7 Å². The van der Waals surface area contributed by atoms with E-state index in [1.807, 2.05) is 6.07 Å². The van der Waals surface area contributed by atoms with Crippen molar-refractivity contribution in [1.29, 1.82) is 0 Å². The van der Waals surface area contributed by atoms with Crippen LogP contribution in [0.2, 0.25) is 5.02 Å². The molecule has 0 saturated heterocycles. The summed E-state index contributed by atoms with van der Waals surface area (Å²) >= 11 is 6.40. The van der Waals surface area contributed by atoms with E-state index in [1.165, 1.54) is 18.3 Å². The molecule has 0 saturated carbocycles. The van der Waals surface area contributed by atoms with E-state index in [2.05, 4.69) is 20.1 Å². The first kappa shape index (κ1) is 17.5. The Balaban J connectivity index is 1.88. The molecule has 1 aromatic carbocycles. The minimum Gasteiger partial charge on any atom is -0.346 e. The molecule has 0 spiro atoms. The van der Waals surface area contributed by atoms with Gasteiger partial charge in [0.05, 0.1) is 15.9 Å². The van der Waals surface area contributed by atoms with Crippen LogP contribution in [0.3, 0.4) is 0 Å². The topological polar surface area (TPSA) is 76.5 Å². The molecule has 5 aromatic rings. The van der Waals surface area contributed by atoms with Gasteiger partial charge in [-0.2, -0.15) is 5.10 Å². The van der Waals surface area contributed by atoms with Crippen LogP contribution in [0, 0.1) is 5.82 Å². The fourth-order valence-corrected chi connectivity index (χ4v) is 3.66. The summed E-state index contributed by atoms with van der Waals surface area (Å²) in [6.07, 6.45) is 4.73. The van der Waals surface area contributed by atoms with E-state index in [0.29, 0.717) is 49.5 Å². The monoisotopic (exact) mass is 405 g/mol. The molecule has 29 heavy (non-hydrogen) atoms. The molecule has 6 nitrogen and oxygen atoms in total. The maximum atomic E-state index is 14.4. The number of aromatic nitrogens is 5. The molecular formula is C21H13ClFN5O. The van der Waals surface area contributed by atoms with Gasteiger partial charge in [0.25, 0.3) is 0 Å². The van der Waals surface area contributed by atoms with E-state index in [9.17, 15) is 9.18 Å². The molecule has 8 heteroatoms. The fourth-order valence-electron chi connectivity index (χ4n) is 3.39. The van der Waals surface area contributed by atoms with Crippen molar-refractivity contribution in [3.05, 3.63) is 76.1 Å². The number of benzene rings is 1. The molecule has 4 heterocycles. The van der Waals surface area contributed by atoms with Gasteiger partial charge in [-0.05, 0) is 35.9 Å². The number of halogens is 2. The second-order valence-electron chi connectivity index (χ2n) is 6.64. The zero-order chi connectivity index (χ0) is 20.1. The molecule has 0 bridgehead atoms. The Kier molecular flexibility index (Phi) is 3.92. The lowest BCUT2D eigenvalue weighted by Gasteiger charge is -2.11. The standard InChI is InChI=1S/C21H13ClFN5O/c1-28-7-4-17(27-28)20-12(10-14-18(29)3-6-25-21(14)26-20)11-8-13-16(23)2-5-24-19(13)15(22)9-11/h2-10H,1H3,(H,25,26,29). The highest BCUT2D eigenvalue weighted by Gasteiger charge is 2.17. The van der Waals surface area contributed by atoms with E-state index < -0.39 is 5.82 Å².